The fourth-order valence-electron chi connectivity index (χ4n) is 1.28. The van der Waals surface area contributed by atoms with Gasteiger partial charge in [-0.2, -0.15) is 0 Å². The molecule has 0 saturated heterocycles. The lowest BCUT2D eigenvalue weighted by molar-refractivity contribution is -0.144. The third-order valence-electron chi connectivity index (χ3n) is 2.11. The van der Waals surface area contributed by atoms with E-state index >= 15 is 0 Å². The Kier molecular flexibility index (Phi) is 6.88. The number of nitrogens with zero attached hydrogens (tertiary/aromatic N) is 1. The maximum Gasteiger partial charge on any atom is 0.317 e. The number of rotatable bonds is 8. The van der Waals surface area contributed by atoms with Crippen LogP contribution in [0.3, 0.4) is 0 Å². The molecule has 0 aliphatic rings. The molecule has 3 N–H and O–H groups in total. The first-order chi connectivity index (χ1) is 7.82. The predicted octanol–water partition coefficient (Wildman–Crippen LogP) is -0.770. The third kappa shape index (κ3) is 8.21. The van der Waals surface area contributed by atoms with Crippen LogP contribution in [0.5, 0.6) is 0 Å². The molecule has 7 heteroatoms. The summed E-state index contributed by atoms with van der Waals surface area (Å²) < 4.78 is 0. The van der Waals surface area contributed by atoms with E-state index in [1.54, 1.807) is 0 Å². The summed E-state index contributed by atoms with van der Waals surface area (Å²) in [5.41, 5.74) is 0. The smallest absolute Gasteiger partial charge is 0.317 e. The van der Waals surface area contributed by atoms with Crippen LogP contribution in [-0.2, 0) is 14.4 Å². The second-order valence-electron chi connectivity index (χ2n) is 3.85. The zero-order valence-corrected chi connectivity index (χ0v) is 9.97. The maximum absolute atomic E-state index is 10.7. The largest absolute Gasteiger partial charge is 0.481 e. The predicted molar refractivity (Wildman–Crippen MR) is 59.6 cm³/mol. The number of hydrogen-bond donors (Lipinski definition) is 3. The highest BCUT2D eigenvalue weighted by Crippen LogP contribution is 1.99. The average Bonchev–Trinajstić information content (AvgIpc) is 2.15. The molecule has 0 aliphatic heterocycles. The number of hydrogen-bond acceptors (Lipinski definition) is 4. The van der Waals surface area contributed by atoms with E-state index in [0.29, 0.717) is 13.1 Å². The van der Waals surface area contributed by atoms with Crippen molar-refractivity contribution in [3.05, 3.63) is 0 Å². The lowest BCUT2D eigenvalue weighted by Crippen LogP contribution is -2.40. The highest BCUT2D eigenvalue weighted by molar-refractivity contribution is 5.73. The van der Waals surface area contributed by atoms with E-state index in [1.807, 2.05) is 0 Å². The Morgan fingerprint density at radius 3 is 2.29 bits per heavy atom. The number of amides is 1. The van der Waals surface area contributed by atoms with Gasteiger partial charge >= 0.3 is 11.9 Å². The van der Waals surface area contributed by atoms with Gasteiger partial charge in [-0.15, -0.1) is 0 Å². The Labute approximate surface area is 99.4 Å². The summed E-state index contributed by atoms with van der Waals surface area (Å²) in [6.45, 7) is 3.38. The summed E-state index contributed by atoms with van der Waals surface area (Å²) in [6, 6.07) is 0. The molecule has 0 fully saturated rings. The molecular formula is C10H18N2O5. The Balaban J connectivity index is 4.18. The molecule has 0 saturated carbocycles. The van der Waals surface area contributed by atoms with Crippen molar-refractivity contribution in [2.75, 3.05) is 26.2 Å². The van der Waals surface area contributed by atoms with E-state index < -0.39 is 17.9 Å². The van der Waals surface area contributed by atoms with Gasteiger partial charge in [-0.05, 0) is 0 Å². The molecule has 0 radical (unpaired) electrons. The minimum absolute atomic E-state index is 0.140. The maximum atomic E-state index is 10.7. The highest BCUT2D eigenvalue weighted by atomic mass is 16.4. The van der Waals surface area contributed by atoms with Crippen LogP contribution in [0.2, 0.25) is 0 Å². The first kappa shape index (κ1) is 15.4. The van der Waals surface area contributed by atoms with Crippen molar-refractivity contribution in [3.63, 3.8) is 0 Å². The fourth-order valence-corrected chi connectivity index (χ4v) is 1.28. The Hall–Kier alpha value is -1.63. The Bertz CT molecular complexity index is 292. The summed E-state index contributed by atoms with van der Waals surface area (Å²) in [7, 11) is 0. The fraction of sp³-hybridized carbons (Fsp3) is 0.700. The first-order valence-electron chi connectivity index (χ1n) is 5.24. The van der Waals surface area contributed by atoms with Crippen molar-refractivity contribution < 1.29 is 24.6 Å². The molecule has 0 aromatic carbocycles. The Morgan fingerprint density at radius 1 is 1.29 bits per heavy atom. The van der Waals surface area contributed by atoms with Crippen molar-refractivity contribution in [1.82, 2.24) is 10.2 Å². The molecule has 0 aromatic heterocycles. The van der Waals surface area contributed by atoms with Gasteiger partial charge in [-0.25, -0.2) is 0 Å². The van der Waals surface area contributed by atoms with E-state index in [9.17, 15) is 14.4 Å². The van der Waals surface area contributed by atoms with Gasteiger partial charge in [-0.3, -0.25) is 19.3 Å². The summed E-state index contributed by atoms with van der Waals surface area (Å²) in [5, 5.41) is 19.9. The quantitative estimate of drug-likeness (QED) is 0.519. The average molecular weight is 246 g/mol. The highest BCUT2D eigenvalue weighted by Gasteiger charge is 2.17. The number of aliphatic carboxylic acids is 2. The summed E-state index contributed by atoms with van der Waals surface area (Å²) in [6.07, 6.45) is 0. The minimum atomic E-state index is -1.02. The van der Waals surface area contributed by atoms with Gasteiger partial charge in [0.2, 0.25) is 5.91 Å². The summed E-state index contributed by atoms with van der Waals surface area (Å²) in [4.78, 5) is 33.4. The van der Waals surface area contributed by atoms with Crippen LogP contribution in [0.1, 0.15) is 13.8 Å². The van der Waals surface area contributed by atoms with Crippen molar-refractivity contribution in [1.29, 1.82) is 0 Å². The number of carboxylic acid groups (broad SMARTS) is 2. The van der Waals surface area contributed by atoms with E-state index in [4.69, 9.17) is 10.2 Å². The van der Waals surface area contributed by atoms with Gasteiger partial charge in [0.25, 0.3) is 0 Å². The van der Waals surface area contributed by atoms with Gasteiger partial charge in [0, 0.05) is 26.6 Å². The number of nitrogens with one attached hydrogen (secondary N) is 1. The van der Waals surface area contributed by atoms with Crippen LogP contribution >= 0.6 is 0 Å². The molecule has 0 heterocycles. The van der Waals surface area contributed by atoms with Crippen LogP contribution < -0.4 is 5.32 Å². The molecule has 0 rings (SSSR count). The second-order valence-corrected chi connectivity index (χ2v) is 3.85. The number of carbonyl (C=O) groups is 3. The van der Waals surface area contributed by atoms with E-state index in [0.717, 1.165) is 0 Å². The number of carboxylic acids is 2. The molecule has 0 spiro atoms. The SMILES string of the molecule is CC(=O)NCCN(CC(=O)O)CC(C)C(=O)O. The van der Waals surface area contributed by atoms with Crippen molar-refractivity contribution in [2.45, 2.75) is 13.8 Å². The standard InChI is InChI=1S/C10H18N2O5/c1-7(10(16)17)5-12(6-9(14)15)4-3-11-8(2)13/h7H,3-6H2,1-2H3,(H,11,13)(H,14,15)(H,16,17). The topological polar surface area (TPSA) is 107 Å². The van der Waals surface area contributed by atoms with Crippen LogP contribution in [0.25, 0.3) is 0 Å². The van der Waals surface area contributed by atoms with Crippen LogP contribution in [0, 0.1) is 5.92 Å². The van der Waals surface area contributed by atoms with Gasteiger partial charge in [0.05, 0.1) is 12.5 Å². The molecule has 0 aromatic rings. The third-order valence-corrected chi connectivity index (χ3v) is 2.11. The molecule has 0 aliphatic carbocycles. The molecular weight excluding hydrogens is 228 g/mol. The van der Waals surface area contributed by atoms with Gasteiger partial charge < -0.3 is 15.5 Å². The summed E-state index contributed by atoms with van der Waals surface area (Å²) in [5.74, 6) is -2.84. The number of carbonyl (C=O) groups excluding carboxylic acids is 1. The zero-order valence-electron chi connectivity index (χ0n) is 9.97. The molecule has 1 atom stereocenters. The van der Waals surface area contributed by atoms with Crippen LogP contribution in [0.15, 0.2) is 0 Å². The minimum Gasteiger partial charge on any atom is -0.481 e. The van der Waals surface area contributed by atoms with Gasteiger partial charge in [-0.1, -0.05) is 6.92 Å². The molecule has 17 heavy (non-hydrogen) atoms. The van der Waals surface area contributed by atoms with E-state index in [-0.39, 0.29) is 19.0 Å². The van der Waals surface area contributed by atoms with Crippen molar-refractivity contribution in [3.8, 4) is 0 Å². The van der Waals surface area contributed by atoms with Crippen LogP contribution in [-0.4, -0.2) is 59.1 Å². The summed E-state index contributed by atoms with van der Waals surface area (Å²) >= 11 is 0. The van der Waals surface area contributed by atoms with E-state index in [1.165, 1.54) is 18.7 Å². The Morgan fingerprint density at radius 2 is 1.88 bits per heavy atom. The lowest BCUT2D eigenvalue weighted by atomic mass is 10.1. The molecule has 0 bridgehead atoms. The molecule has 98 valence electrons. The monoisotopic (exact) mass is 246 g/mol. The first-order valence-corrected chi connectivity index (χ1v) is 5.24. The normalized spacial score (nSPS) is 12.2. The van der Waals surface area contributed by atoms with Gasteiger partial charge in [0.1, 0.15) is 0 Å². The lowest BCUT2D eigenvalue weighted by Gasteiger charge is -2.22. The second kappa shape index (κ2) is 7.61. The van der Waals surface area contributed by atoms with Gasteiger partial charge in [0.15, 0.2) is 0 Å². The van der Waals surface area contributed by atoms with Crippen LogP contribution in [0.4, 0.5) is 0 Å². The molecule has 7 nitrogen and oxygen atoms in total. The van der Waals surface area contributed by atoms with Crippen molar-refractivity contribution >= 4 is 17.8 Å². The van der Waals surface area contributed by atoms with E-state index in [2.05, 4.69) is 5.32 Å². The molecule has 1 unspecified atom stereocenters. The molecule has 1 amide bonds. The zero-order chi connectivity index (χ0) is 13.4. The van der Waals surface area contributed by atoms with Crippen molar-refractivity contribution in [2.24, 2.45) is 5.92 Å².